The fourth-order valence-electron chi connectivity index (χ4n) is 1.61. The minimum absolute atomic E-state index is 0.103. The van der Waals surface area contributed by atoms with E-state index in [9.17, 15) is 23.7 Å². The highest BCUT2D eigenvalue weighted by molar-refractivity contribution is 5.74. The molecule has 0 heterocycles. The van der Waals surface area contributed by atoms with Crippen LogP contribution in [0.15, 0.2) is 12.1 Å². The lowest BCUT2D eigenvalue weighted by Gasteiger charge is -2.09. The van der Waals surface area contributed by atoms with E-state index in [1.54, 1.807) is 6.92 Å². The number of alkyl halides is 2. The van der Waals surface area contributed by atoms with Crippen LogP contribution in [0.2, 0.25) is 0 Å². The van der Waals surface area contributed by atoms with Gasteiger partial charge in [-0.1, -0.05) is 0 Å². The molecule has 0 bridgehead atoms. The predicted octanol–water partition coefficient (Wildman–Crippen LogP) is 2.17. The molecule has 0 unspecified atom stereocenters. The van der Waals surface area contributed by atoms with E-state index >= 15 is 0 Å². The molecule has 7 nitrogen and oxygen atoms in total. The van der Waals surface area contributed by atoms with Crippen LogP contribution in [0.25, 0.3) is 0 Å². The number of nitrogens with zero attached hydrogens (tertiary/aromatic N) is 2. The van der Waals surface area contributed by atoms with Crippen LogP contribution in [-0.4, -0.2) is 24.1 Å². The minimum Gasteiger partial charge on any atom is -0.466 e. The molecular formula is C12H10F2N2O5. The summed E-state index contributed by atoms with van der Waals surface area (Å²) in [5.74, 6) is -1.42. The molecular weight excluding hydrogens is 290 g/mol. The molecule has 0 amide bonds. The SMILES string of the molecule is CCOC(=O)Cc1cc(C#N)c([N+](=O)[O-])c(OC(F)F)c1. The molecule has 21 heavy (non-hydrogen) atoms. The first kappa shape index (κ1) is 16.3. The van der Waals surface area contributed by atoms with Crippen LogP contribution < -0.4 is 4.74 Å². The third-order valence-corrected chi connectivity index (χ3v) is 2.31. The van der Waals surface area contributed by atoms with Crippen LogP contribution in [0, 0.1) is 21.4 Å². The maximum absolute atomic E-state index is 12.3. The van der Waals surface area contributed by atoms with Gasteiger partial charge < -0.3 is 9.47 Å². The van der Waals surface area contributed by atoms with Crippen LogP contribution in [0.1, 0.15) is 18.1 Å². The van der Waals surface area contributed by atoms with E-state index in [1.165, 1.54) is 6.07 Å². The summed E-state index contributed by atoms with van der Waals surface area (Å²) in [5, 5.41) is 19.7. The summed E-state index contributed by atoms with van der Waals surface area (Å²) in [7, 11) is 0. The number of hydrogen-bond acceptors (Lipinski definition) is 6. The number of carbonyl (C=O) groups is 1. The summed E-state index contributed by atoms with van der Waals surface area (Å²) >= 11 is 0. The first-order valence-corrected chi connectivity index (χ1v) is 5.70. The van der Waals surface area contributed by atoms with Crippen molar-refractivity contribution < 1.29 is 28.0 Å². The molecule has 1 aromatic carbocycles. The van der Waals surface area contributed by atoms with E-state index in [-0.39, 0.29) is 18.6 Å². The van der Waals surface area contributed by atoms with Crippen molar-refractivity contribution in [2.24, 2.45) is 0 Å². The topological polar surface area (TPSA) is 102 Å². The number of nitro groups is 1. The summed E-state index contributed by atoms with van der Waals surface area (Å²) in [4.78, 5) is 21.2. The maximum atomic E-state index is 12.3. The number of nitro benzene ring substituents is 1. The van der Waals surface area contributed by atoms with Crippen LogP contribution in [0.4, 0.5) is 14.5 Å². The quantitative estimate of drug-likeness (QED) is 0.453. The number of halogens is 2. The standard InChI is InChI=1S/C12H10F2N2O5/c1-2-20-10(17)5-7-3-8(6-15)11(16(18)19)9(4-7)21-12(13)14/h3-4,12H,2,5H2,1H3. The smallest absolute Gasteiger partial charge is 0.387 e. The predicted molar refractivity (Wildman–Crippen MR) is 64.8 cm³/mol. The largest absolute Gasteiger partial charge is 0.466 e. The van der Waals surface area contributed by atoms with Crippen molar-refractivity contribution in [3.8, 4) is 11.8 Å². The van der Waals surface area contributed by atoms with Gasteiger partial charge in [-0.05, 0) is 24.6 Å². The van der Waals surface area contributed by atoms with Crippen LogP contribution in [0.5, 0.6) is 5.75 Å². The molecule has 0 aliphatic carbocycles. The molecule has 0 fully saturated rings. The third-order valence-electron chi connectivity index (χ3n) is 2.31. The Morgan fingerprint density at radius 3 is 2.67 bits per heavy atom. The number of carbonyl (C=O) groups excluding carboxylic acids is 1. The Bertz CT molecular complexity index is 598. The molecule has 0 saturated heterocycles. The first-order valence-electron chi connectivity index (χ1n) is 5.70. The Labute approximate surface area is 117 Å². The minimum atomic E-state index is -3.30. The zero-order valence-corrected chi connectivity index (χ0v) is 10.8. The van der Waals surface area contributed by atoms with E-state index in [1.807, 2.05) is 0 Å². The molecule has 1 aromatic rings. The molecule has 0 aliphatic rings. The van der Waals surface area contributed by atoms with Gasteiger partial charge in [-0.15, -0.1) is 0 Å². The zero-order valence-electron chi connectivity index (χ0n) is 10.8. The molecule has 0 aromatic heterocycles. The Balaban J connectivity index is 3.27. The lowest BCUT2D eigenvalue weighted by Crippen LogP contribution is -2.10. The first-order chi connectivity index (χ1) is 9.88. The number of benzene rings is 1. The summed E-state index contributed by atoms with van der Waals surface area (Å²) in [6, 6.07) is 3.50. The van der Waals surface area contributed by atoms with Gasteiger partial charge in [-0.2, -0.15) is 14.0 Å². The third kappa shape index (κ3) is 4.38. The van der Waals surface area contributed by atoms with Gasteiger partial charge in [-0.3, -0.25) is 14.9 Å². The second-order valence-corrected chi connectivity index (χ2v) is 3.72. The Morgan fingerprint density at radius 2 is 2.19 bits per heavy atom. The number of ether oxygens (including phenoxy) is 2. The molecule has 9 heteroatoms. The lowest BCUT2D eigenvalue weighted by atomic mass is 10.1. The van der Waals surface area contributed by atoms with E-state index in [4.69, 9.17) is 5.26 Å². The monoisotopic (exact) mass is 300 g/mol. The van der Waals surface area contributed by atoms with Gasteiger partial charge >= 0.3 is 18.3 Å². The molecule has 0 saturated carbocycles. The van der Waals surface area contributed by atoms with Gasteiger partial charge in [0.25, 0.3) is 0 Å². The Morgan fingerprint density at radius 1 is 1.52 bits per heavy atom. The van der Waals surface area contributed by atoms with E-state index in [2.05, 4.69) is 9.47 Å². The van der Waals surface area contributed by atoms with Crippen LogP contribution in [0.3, 0.4) is 0 Å². The highest BCUT2D eigenvalue weighted by Crippen LogP contribution is 2.33. The van der Waals surface area contributed by atoms with Gasteiger partial charge in [0.15, 0.2) is 0 Å². The van der Waals surface area contributed by atoms with Gasteiger partial charge in [-0.25, -0.2) is 0 Å². The Kier molecular flexibility index (Phi) is 5.54. The molecule has 0 radical (unpaired) electrons. The van der Waals surface area contributed by atoms with Crippen molar-refractivity contribution in [2.45, 2.75) is 20.0 Å². The highest BCUT2D eigenvalue weighted by Gasteiger charge is 2.25. The number of rotatable bonds is 6. The van der Waals surface area contributed by atoms with Crippen molar-refractivity contribution in [1.82, 2.24) is 0 Å². The summed E-state index contributed by atoms with van der Waals surface area (Å²) < 4.78 is 33.3. The number of esters is 1. The number of hydrogen-bond donors (Lipinski definition) is 0. The average molecular weight is 300 g/mol. The summed E-state index contributed by atoms with van der Waals surface area (Å²) in [6.45, 7) is -1.59. The zero-order chi connectivity index (χ0) is 16.0. The van der Waals surface area contributed by atoms with E-state index in [0.29, 0.717) is 0 Å². The van der Waals surface area contributed by atoms with Crippen LogP contribution >= 0.6 is 0 Å². The van der Waals surface area contributed by atoms with E-state index in [0.717, 1.165) is 12.1 Å². The van der Waals surface area contributed by atoms with Gasteiger partial charge in [0.1, 0.15) is 11.6 Å². The molecule has 0 aliphatic heterocycles. The molecule has 112 valence electrons. The summed E-state index contributed by atoms with van der Waals surface area (Å²) in [6.07, 6.45) is -0.319. The van der Waals surface area contributed by atoms with Gasteiger partial charge in [0, 0.05) is 0 Å². The maximum Gasteiger partial charge on any atom is 0.387 e. The van der Waals surface area contributed by atoms with Gasteiger partial charge in [0.2, 0.25) is 5.75 Å². The Hall–Kier alpha value is -2.76. The molecule has 1 rings (SSSR count). The fourth-order valence-corrected chi connectivity index (χ4v) is 1.61. The second-order valence-electron chi connectivity index (χ2n) is 3.72. The van der Waals surface area contributed by atoms with Crippen molar-refractivity contribution in [2.75, 3.05) is 6.61 Å². The van der Waals surface area contributed by atoms with Crippen LogP contribution in [-0.2, 0) is 16.0 Å². The van der Waals surface area contributed by atoms with E-state index < -0.39 is 34.5 Å². The van der Waals surface area contributed by atoms with Crippen molar-refractivity contribution in [3.63, 3.8) is 0 Å². The van der Waals surface area contributed by atoms with Crippen molar-refractivity contribution in [3.05, 3.63) is 33.4 Å². The average Bonchev–Trinajstić information content (AvgIpc) is 2.36. The fraction of sp³-hybridized carbons (Fsp3) is 0.333. The summed E-state index contributed by atoms with van der Waals surface area (Å²) in [5.41, 5.74) is -1.24. The van der Waals surface area contributed by atoms with Gasteiger partial charge in [0.05, 0.1) is 18.0 Å². The highest BCUT2D eigenvalue weighted by atomic mass is 19.3. The normalized spacial score (nSPS) is 10.0. The van der Waals surface area contributed by atoms with Crippen molar-refractivity contribution >= 4 is 11.7 Å². The molecule has 0 spiro atoms. The lowest BCUT2D eigenvalue weighted by molar-refractivity contribution is -0.386. The van der Waals surface area contributed by atoms with Crippen molar-refractivity contribution in [1.29, 1.82) is 5.26 Å². The second kappa shape index (κ2) is 7.14. The number of nitriles is 1. The molecule has 0 N–H and O–H groups in total. The molecule has 0 atom stereocenters.